The molecule has 0 fully saturated rings. The molecule has 1 heterocycles. The molecule has 2 aromatic carbocycles. The zero-order valence-electron chi connectivity index (χ0n) is 12.8. The number of carboxylic acid groups (broad SMARTS) is 1. The third-order valence-corrected chi connectivity index (χ3v) is 4.18. The second kappa shape index (κ2) is 5.72. The number of para-hydroxylation sites is 1. The number of hydrogen-bond acceptors (Lipinski definition) is 3. The standard InChI is InChI=1S/C19H17NO3/c1-3-12-19(2,18(21)22)15-10-6-4-8-13(15)17-14-9-5-7-11-16(14)23-20-17/h3-11H,1,12H2,2H3,(H,21,22). The van der Waals surface area contributed by atoms with Crippen LogP contribution in [0.15, 0.2) is 65.7 Å². The summed E-state index contributed by atoms with van der Waals surface area (Å²) in [5.74, 6) is -0.891. The molecule has 1 N–H and O–H groups in total. The van der Waals surface area contributed by atoms with Crippen LogP contribution in [0.5, 0.6) is 0 Å². The van der Waals surface area contributed by atoms with E-state index in [0.29, 0.717) is 23.3 Å². The van der Waals surface area contributed by atoms with Gasteiger partial charge in [0.1, 0.15) is 5.69 Å². The van der Waals surface area contributed by atoms with Crippen molar-refractivity contribution in [3.63, 3.8) is 0 Å². The van der Waals surface area contributed by atoms with Gasteiger partial charge in [0.15, 0.2) is 5.58 Å². The van der Waals surface area contributed by atoms with Gasteiger partial charge in [0.25, 0.3) is 0 Å². The van der Waals surface area contributed by atoms with Gasteiger partial charge < -0.3 is 9.63 Å². The molecule has 0 aliphatic carbocycles. The molecule has 116 valence electrons. The summed E-state index contributed by atoms with van der Waals surface area (Å²) < 4.78 is 5.37. The maximum absolute atomic E-state index is 11.9. The molecule has 0 aliphatic heterocycles. The maximum Gasteiger partial charge on any atom is 0.314 e. The van der Waals surface area contributed by atoms with Gasteiger partial charge in [0, 0.05) is 10.9 Å². The first-order valence-corrected chi connectivity index (χ1v) is 7.36. The Labute approximate surface area is 134 Å². The van der Waals surface area contributed by atoms with Crippen LogP contribution in [0.4, 0.5) is 0 Å². The molecule has 0 saturated carbocycles. The summed E-state index contributed by atoms with van der Waals surface area (Å²) in [5.41, 5.74) is 1.74. The Morgan fingerprint density at radius 3 is 2.70 bits per heavy atom. The van der Waals surface area contributed by atoms with Crippen LogP contribution in [0.2, 0.25) is 0 Å². The molecule has 0 spiro atoms. The lowest BCUT2D eigenvalue weighted by Gasteiger charge is -2.26. The SMILES string of the molecule is C=CCC(C)(C(=O)O)c1ccccc1-c1noc2ccccc12. The van der Waals surface area contributed by atoms with Gasteiger partial charge in [-0.15, -0.1) is 6.58 Å². The minimum atomic E-state index is -1.07. The minimum absolute atomic E-state index is 0.329. The lowest BCUT2D eigenvalue weighted by molar-refractivity contribution is -0.143. The molecule has 1 unspecified atom stereocenters. The van der Waals surface area contributed by atoms with E-state index in [-0.39, 0.29) is 0 Å². The summed E-state index contributed by atoms with van der Waals surface area (Å²) in [7, 11) is 0. The normalized spacial score (nSPS) is 13.6. The number of nitrogens with zero attached hydrogens (tertiary/aromatic N) is 1. The van der Waals surface area contributed by atoms with E-state index in [1.807, 2.05) is 48.5 Å². The fourth-order valence-electron chi connectivity index (χ4n) is 2.85. The van der Waals surface area contributed by atoms with E-state index in [1.165, 1.54) is 0 Å². The number of fused-ring (bicyclic) bond motifs is 1. The first kappa shape index (κ1) is 15.0. The summed E-state index contributed by atoms with van der Waals surface area (Å²) in [6.07, 6.45) is 1.96. The van der Waals surface area contributed by atoms with Crippen LogP contribution in [0.25, 0.3) is 22.2 Å². The van der Waals surface area contributed by atoms with Gasteiger partial charge in [-0.25, -0.2) is 0 Å². The van der Waals surface area contributed by atoms with Gasteiger partial charge >= 0.3 is 5.97 Å². The van der Waals surface area contributed by atoms with Crippen molar-refractivity contribution in [1.82, 2.24) is 5.16 Å². The summed E-state index contributed by atoms with van der Waals surface area (Å²) in [6.45, 7) is 5.40. The fourth-order valence-corrected chi connectivity index (χ4v) is 2.85. The Kier molecular flexibility index (Phi) is 3.74. The van der Waals surface area contributed by atoms with Crippen molar-refractivity contribution >= 4 is 16.9 Å². The van der Waals surface area contributed by atoms with E-state index in [4.69, 9.17) is 4.52 Å². The molecule has 23 heavy (non-hydrogen) atoms. The number of rotatable bonds is 5. The second-order valence-corrected chi connectivity index (χ2v) is 5.70. The minimum Gasteiger partial charge on any atom is -0.481 e. The van der Waals surface area contributed by atoms with Gasteiger partial charge in [0.2, 0.25) is 0 Å². The average Bonchev–Trinajstić information content (AvgIpc) is 2.99. The summed E-state index contributed by atoms with van der Waals surface area (Å²) in [6, 6.07) is 15.0. The van der Waals surface area contributed by atoms with Crippen molar-refractivity contribution in [3.8, 4) is 11.3 Å². The monoisotopic (exact) mass is 307 g/mol. The van der Waals surface area contributed by atoms with Crippen LogP contribution in [-0.2, 0) is 10.2 Å². The summed E-state index contributed by atoms with van der Waals surface area (Å²) in [5, 5.41) is 14.8. The highest BCUT2D eigenvalue weighted by Crippen LogP contribution is 2.38. The Bertz CT molecular complexity index is 881. The topological polar surface area (TPSA) is 63.3 Å². The van der Waals surface area contributed by atoms with E-state index in [1.54, 1.807) is 13.0 Å². The van der Waals surface area contributed by atoms with E-state index in [2.05, 4.69) is 11.7 Å². The molecular formula is C19H17NO3. The fraction of sp³-hybridized carbons (Fsp3) is 0.158. The van der Waals surface area contributed by atoms with Gasteiger partial charge in [0.05, 0.1) is 5.41 Å². The van der Waals surface area contributed by atoms with Gasteiger partial charge in [-0.1, -0.05) is 47.6 Å². The van der Waals surface area contributed by atoms with Crippen molar-refractivity contribution in [1.29, 1.82) is 0 Å². The maximum atomic E-state index is 11.9. The van der Waals surface area contributed by atoms with Gasteiger partial charge in [-0.05, 0) is 31.0 Å². The largest absolute Gasteiger partial charge is 0.481 e. The van der Waals surface area contributed by atoms with E-state index in [9.17, 15) is 9.90 Å². The van der Waals surface area contributed by atoms with E-state index in [0.717, 1.165) is 10.9 Å². The number of aromatic nitrogens is 1. The predicted molar refractivity (Wildman–Crippen MR) is 89.2 cm³/mol. The van der Waals surface area contributed by atoms with Crippen molar-refractivity contribution in [2.24, 2.45) is 0 Å². The van der Waals surface area contributed by atoms with Crippen LogP contribution in [-0.4, -0.2) is 16.2 Å². The van der Waals surface area contributed by atoms with Crippen LogP contribution in [0.1, 0.15) is 18.9 Å². The molecule has 3 aromatic rings. The Morgan fingerprint density at radius 1 is 1.26 bits per heavy atom. The molecular weight excluding hydrogens is 290 g/mol. The summed E-state index contributed by atoms with van der Waals surface area (Å²) in [4.78, 5) is 11.9. The molecule has 1 aromatic heterocycles. The highest BCUT2D eigenvalue weighted by atomic mass is 16.5. The van der Waals surface area contributed by atoms with Crippen molar-refractivity contribution in [2.75, 3.05) is 0 Å². The predicted octanol–water partition coefficient (Wildman–Crippen LogP) is 4.41. The number of allylic oxidation sites excluding steroid dienone is 1. The van der Waals surface area contributed by atoms with Crippen molar-refractivity contribution < 1.29 is 14.4 Å². The number of carbonyl (C=O) groups is 1. The molecule has 4 heteroatoms. The smallest absolute Gasteiger partial charge is 0.314 e. The number of carboxylic acids is 1. The molecule has 1 atom stereocenters. The molecule has 3 rings (SSSR count). The van der Waals surface area contributed by atoms with Crippen LogP contribution < -0.4 is 0 Å². The van der Waals surface area contributed by atoms with Crippen molar-refractivity contribution in [2.45, 2.75) is 18.8 Å². The highest BCUT2D eigenvalue weighted by Gasteiger charge is 2.36. The van der Waals surface area contributed by atoms with Gasteiger partial charge in [-0.3, -0.25) is 4.79 Å². The highest BCUT2D eigenvalue weighted by molar-refractivity contribution is 5.94. The number of benzene rings is 2. The Hall–Kier alpha value is -2.88. The summed E-state index contributed by atoms with van der Waals surface area (Å²) >= 11 is 0. The molecule has 0 amide bonds. The lowest BCUT2D eigenvalue weighted by Crippen LogP contribution is -2.32. The van der Waals surface area contributed by atoms with Crippen LogP contribution >= 0.6 is 0 Å². The van der Waals surface area contributed by atoms with E-state index < -0.39 is 11.4 Å². The quantitative estimate of drug-likeness (QED) is 0.709. The van der Waals surface area contributed by atoms with Crippen LogP contribution in [0, 0.1) is 0 Å². The Morgan fingerprint density at radius 2 is 1.96 bits per heavy atom. The molecule has 0 saturated heterocycles. The molecule has 0 aliphatic rings. The first-order chi connectivity index (χ1) is 11.1. The van der Waals surface area contributed by atoms with Crippen molar-refractivity contribution in [3.05, 3.63) is 66.7 Å². The number of aliphatic carboxylic acids is 1. The van der Waals surface area contributed by atoms with Gasteiger partial charge in [-0.2, -0.15) is 0 Å². The third-order valence-electron chi connectivity index (χ3n) is 4.18. The first-order valence-electron chi connectivity index (χ1n) is 7.36. The molecule has 0 bridgehead atoms. The number of hydrogen-bond donors (Lipinski definition) is 1. The average molecular weight is 307 g/mol. The zero-order valence-corrected chi connectivity index (χ0v) is 12.8. The lowest BCUT2D eigenvalue weighted by atomic mass is 9.76. The van der Waals surface area contributed by atoms with E-state index >= 15 is 0 Å². The molecule has 0 radical (unpaired) electrons. The van der Waals surface area contributed by atoms with Crippen LogP contribution in [0.3, 0.4) is 0 Å². The zero-order chi connectivity index (χ0) is 16.4. The second-order valence-electron chi connectivity index (χ2n) is 5.70. The Balaban J connectivity index is 2.26. The molecule has 4 nitrogen and oxygen atoms in total. The third kappa shape index (κ3) is 2.42.